The van der Waals surface area contributed by atoms with Crippen LogP contribution in [0.5, 0.6) is 17.4 Å². The standard InChI is InChI=1S/C39H37F8N3O11S/c1-19(51)56-18-27-31(52)32(53)30(50-36(54)57-17-20-5-3-2-4-6-20)33(59-27)61-29-12-7-21(15-48-29)13-24(22-8-11-25(60-35(40)41)26(14-22)58-23-9-10-23)28-16-49-34(62-28)37(55,38(42,43)44)39(45,46)47/h2-8,11-12,14-16,23-24,27,30-33,35,52-53,55H,9-10,13,17-18H2,1H3,(H,50,54)/t24-,27+,30+,31+,32+,33-/m0/s1. The topological polar surface area (TPSA) is 188 Å². The SMILES string of the molecule is CC(=O)OC[C@H]1O[C@@H](Oc2ccc(C[C@@H](c3ccc(OC(F)F)c(OC4CC4)c3)c3cnc(C(O)(C(F)(F)F)C(F)(F)F)s3)cn2)[C@H](NC(=O)OCc2ccccc2)[C@@H](O)[C@@H]1O. The van der Waals surface area contributed by atoms with E-state index in [9.17, 15) is 60.0 Å². The molecule has 1 saturated carbocycles. The Kier molecular flexibility index (Phi) is 14.1. The summed E-state index contributed by atoms with van der Waals surface area (Å²) in [6.07, 6.45) is -17.4. The van der Waals surface area contributed by atoms with Gasteiger partial charge < -0.3 is 49.1 Å². The van der Waals surface area contributed by atoms with Crippen LogP contribution in [0.15, 0.2) is 73.1 Å². The summed E-state index contributed by atoms with van der Waals surface area (Å²) < 4.78 is 142. The molecule has 14 nitrogen and oxygen atoms in total. The van der Waals surface area contributed by atoms with Crippen LogP contribution in [0.4, 0.5) is 39.9 Å². The number of alkyl carbamates (subject to hydrolysis) is 1. The number of hydrogen-bond donors (Lipinski definition) is 4. The normalized spacial score (nSPS) is 21.2. The lowest BCUT2D eigenvalue weighted by Crippen LogP contribution is -2.65. The number of benzene rings is 2. The number of hydrogen-bond acceptors (Lipinski definition) is 14. The smallest absolute Gasteiger partial charge is 0.433 e. The molecule has 6 atom stereocenters. The van der Waals surface area contributed by atoms with Crippen LogP contribution in [-0.4, -0.2) is 99.7 Å². The summed E-state index contributed by atoms with van der Waals surface area (Å²) in [5.74, 6) is -2.64. The van der Waals surface area contributed by atoms with Crippen LogP contribution in [0.3, 0.4) is 0 Å². The zero-order valence-corrected chi connectivity index (χ0v) is 32.8. The number of esters is 1. The number of pyridine rings is 1. The van der Waals surface area contributed by atoms with Gasteiger partial charge in [-0.15, -0.1) is 11.3 Å². The first kappa shape index (κ1) is 46.2. The summed E-state index contributed by atoms with van der Waals surface area (Å²) in [5.41, 5.74) is -4.25. The Morgan fingerprint density at radius 1 is 0.887 bits per heavy atom. The summed E-state index contributed by atoms with van der Waals surface area (Å²) in [7, 11) is 0. The molecule has 4 aromatic rings. The van der Waals surface area contributed by atoms with Crippen LogP contribution in [0.1, 0.15) is 52.3 Å². The molecule has 1 aliphatic heterocycles. The molecule has 23 heteroatoms. The van der Waals surface area contributed by atoms with Gasteiger partial charge in [0.15, 0.2) is 11.5 Å². The average molecular weight is 908 g/mol. The maximum Gasteiger partial charge on any atom is 0.433 e. The fraction of sp³-hybridized carbons (Fsp3) is 0.436. The third-order valence-electron chi connectivity index (χ3n) is 9.52. The first-order valence-corrected chi connectivity index (χ1v) is 19.4. The van der Waals surface area contributed by atoms with E-state index in [1.165, 1.54) is 30.5 Å². The lowest BCUT2D eigenvalue weighted by molar-refractivity contribution is -0.376. The van der Waals surface area contributed by atoms with Gasteiger partial charge in [-0.05, 0) is 48.1 Å². The second kappa shape index (κ2) is 18.9. The second-order valence-corrected chi connectivity index (χ2v) is 15.2. The number of ether oxygens (including phenoxy) is 6. The van der Waals surface area contributed by atoms with Crippen molar-refractivity contribution in [3.63, 3.8) is 0 Å². The van der Waals surface area contributed by atoms with E-state index >= 15 is 0 Å². The second-order valence-electron chi connectivity index (χ2n) is 14.1. The molecule has 336 valence electrons. The molecule has 1 saturated heterocycles. The van der Waals surface area contributed by atoms with Crippen LogP contribution in [0.2, 0.25) is 0 Å². The van der Waals surface area contributed by atoms with Crippen molar-refractivity contribution >= 4 is 23.4 Å². The van der Waals surface area contributed by atoms with E-state index in [2.05, 4.69) is 20.0 Å². The molecular weight excluding hydrogens is 870 g/mol. The molecule has 0 bridgehead atoms. The van der Waals surface area contributed by atoms with Crippen LogP contribution in [-0.2, 0) is 37.6 Å². The number of halogens is 8. The largest absolute Gasteiger partial charge is 0.487 e. The van der Waals surface area contributed by atoms with Gasteiger partial charge in [-0.2, -0.15) is 35.1 Å². The molecule has 0 spiro atoms. The number of rotatable bonds is 16. The minimum atomic E-state index is -6.22. The summed E-state index contributed by atoms with van der Waals surface area (Å²) in [5, 5.41) is 32.5. The molecular formula is C39H37F8N3O11S. The Hall–Kier alpha value is -5.36. The predicted octanol–water partition coefficient (Wildman–Crippen LogP) is 6.05. The van der Waals surface area contributed by atoms with Crippen molar-refractivity contribution < 1.29 is 88.5 Å². The maximum absolute atomic E-state index is 13.8. The quantitative estimate of drug-likeness (QED) is 0.0753. The predicted molar refractivity (Wildman–Crippen MR) is 196 cm³/mol. The number of nitrogens with one attached hydrogen (secondary N) is 1. The summed E-state index contributed by atoms with van der Waals surface area (Å²) in [4.78, 5) is 31.7. The van der Waals surface area contributed by atoms with Crippen molar-refractivity contribution in [1.82, 2.24) is 15.3 Å². The van der Waals surface area contributed by atoms with Crippen molar-refractivity contribution in [2.24, 2.45) is 0 Å². The van der Waals surface area contributed by atoms with E-state index in [0.29, 0.717) is 18.4 Å². The number of carbonyl (C=O) groups excluding carboxylic acids is 2. The Labute approximate surface area is 350 Å². The van der Waals surface area contributed by atoms with Gasteiger partial charge in [-0.3, -0.25) is 4.79 Å². The highest BCUT2D eigenvalue weighted by atomic mass is 32.1. The van der Waals surface area contributed by atoms with Gasteiger partial charge in [0.05, 0.1) is 6.10 Å². The van der Waals surface area contributed by atoms with Gasteiger partial charge in [0.2, 0.25) is 12.2 Å². The number of aliphatic hydroxyl groups excluding tert-OH is 2. The number of thiazole rings is 1. The molecule has 4 N–H and O–H groups in total. The van der Waals surface area contributed by atoms with E-state index in [1.807, 2.05) is 0 Å². The van der Waals surface area contributed by atoms with Crippen molar-refractivity contribution in [3.8, 4) is 17.4 Å². The number of nitrogens with zero attached hydrogens (tertiary/aromatic N) is 2. The highest BCUT2D eigenvalue weighted by Crippen LogP contribution is 2.52. The molecule has 2 aromatic heterocycles. The van der Waals surface area contributed by atoms with Crippen molar-refractivity contribution in [1.29, 1.82) is 0 Å². The Morgan fingerprint density at radius 3 is 2.21 bits per heavy atom. The Morgan fingerprint density at radius 2 is 1.60 bits per heavy atom. The zero-order chi connectivity index (χ0) is 45.0. The minimum Gasteiger partial charge on any atom is -0.487 e. The first-order valence-electron chi connectivity index (χ1n) is 18.5. The number of alkyl halides is 8. The molecule has 0 radical (unpaired) electrons. The van der Waals surface area contributed by atoms with E-state index in [4.69, 9.17) is 23.7 Å². The fourth-order valence-corrected chi connectivity index (χ4v) is 7.35. The van der Waals surface area contributed by atoms with Gasteiger partial charge >= 0.3 is 36.6 Å². The van der Waals surface area contributed by atoms with Gasteiger partial charge in [0.25, 0.3) is 0 Å². The third kappa shape index (κ3) is 11.0. The number of aromatic nitrogens is 2. The lowest BCUT2D eigenvalue weighted by atomic mass is 9.91. The first-order chi connectivity index (χ1) is 29.2. The van der Waals surface area contributed by atoms with Crippen LogP contribution >= 0.6 is 11.3 Å². The highest BCUT2D eigenvalue weighted by Gasteiger charge is 2.73. The summed E-state index contributed by atoms with van der Waals surface area (Å²) >= 11 is -0.0725. The number of carbonyl (C=O) groups is 2. The zero-order valence-electron chi connectivity index (χ0n) is 32.0. The van der Waals surface area contributed by atoms with Gasteiger partial charge in [0.1, 0.15) is 42.6 Å². The summed E-state index contributed by atoms with van der Waals surface area (Å²) in [6.45, 7) is -2.86. The Balaban J connectivity index is 1.28. The molecule has 3 heterocycles. The molecule has 1 aliphatic carbocycles. The van der Waals surface area contributed by atoms with E-state index in [0.717, 1.165) is 19.2 Å². The third-order valence-corrected chi connectivity index (χ3v) is 10.7. The monoisotopic (exact) mass is 907 g/mol. The lowest BCUT2D eigenvalue weighted by Gasteiger charge is -2.41. The molecule has 2 aromatic carbocycles. The fourth-order valence-electron chi connectivity index (χ4n) is 6.17. The molecule has 0 unspecified atom stereocenters. The number of aliphatic hydroxyl groups is 3. The van der Waals surface area contributed by atoms with Crippen molar-refractivity contribution in [2.75, 3.05) is 6.61 Å². The van der Waals surface area contributed by atoms with Gasteiger partial charge in [-0.25, -0.2) is 14.8 Å². The molecule has 1 amide bonds. The van der Waals surface area contributed by atoms with Gasteiger partial charge in [0, 0.05) is 36.2 Å². The number of amides is 1. The van der Waals surface area contributed by atoms with E-state index in [-0.39, 0.29) is 63.9 Å². The maximum atomic E-state index is 13.8. The van der Waals surface area contributed by atoms with Crippen molar-refractivity contribution in [3.05, 3.63) is 99.6 Å². The highest BCUT2D eigenvalue weighted by molar-refractivity contribution is 7.11. The van der Waals surface area contributed by atoms with Crippen LogP contribution in [0, 0.1) is 0 Å². The average Bonchev–Trinajstić information content (AvgIpc) is 3.90. The minimum absolute atomic E-state index is 0.0725. The van der Waals surface area contributed by atoms with E-state index in [1.54, 1.807) is 30.3 Å². The van der Waals surface area contributed by atoms with Crippen molar-refractivity contribution in [2.45, 2.75) is 100 Å². The Bertz CT molecular complexity index is 2130. The van der Waals surface area contributed by atoms with Gasteiger partial charge in [-0.1, -0.05) is 42.5 Å². The van der Waals surface area contributed by atoms with Crippen LogP contribution in [0.25, 0.3) is 0 Å². The molecule has 6 rings (SSSR count). The van der Waals surface area contributed by atoms with Crippen LogP contribution < -0.4 is 19.5 Å². The summed E-state index contributed by atoms with van der Waals surface area (Å²) in [6, 6.07) is 13.4. The molecule has 2 aliphatic rings. The van der Waals surface area contributed by atoms with E-state index < -0.39 is 84.8 Å². The molecule has 62 heavy (non-hydrogen) atoms. The molecule has 2 fully saturated rings.